The first-order valence-corrected chi connectivity index (χ1v) is 7.28. The van der Waals surface area contributed by atoms with E-state index in [-0.39, 0.29) is 11.8 Å². The van der Waals surface area contributed by atoms with Crippen LogP contribution in [0.4, 0.5) is 0 Å². The van der Waals surface area contributed by atoms with Crippen LogP contribution in [0, 0.1) is 13.8 Å². The Balaban J connectivity index is 2.17. The first kappa shape index (κ1) is 16.0. The third kappa shape index (κ3) is 3.45. The van der Waals surface area contributed by atoms with Gasteiger partial charge < -0.3 is 4.74 Å². The summed E-state index contributed by atoms with van der Waals surface area (Å²) in [6.45, 7) is 6.34. The predicted molar refractivity (Wildman–Crippen MR) is 86.6 cm³/mol. The van der Waals surface area contributed by atoms with Gasteiger partial charge in [-0.05, 0) is 56.0 Å². The zero-order valence-corrected chi connectivity index (χ0v) is 13.5. The third-order valence-electron chi connectivity index (χ3n) is 3.91. The van der Waals surface area contributed by atoms with E-state index in [1.165, 1.54) is 17.1 Å². The standard InChI is InChI=1S/C18H21NO3/c1-12-7-8-19(18(21)9-12)17(20)6-5-15-10-13(2)14(3)16(11-15)22-4/h5-6,9-11H,7-8H2,1-4H3/b6-5+. The first-order valence-electron chi connectivity index (χ1n) is 7.28. The summed E-state index contributed by atoms with van der Waals surface area (Å²) in [7, 11) is 1.63. The fourth-order valence-corrected chi connectivity index (χ4v) is 2.40. The summed E-state index contributed by atoms with van der Waals surface area (Å²) in [6.07, 6.45) is 5.42. The molecule has 0 unspecified atom stereocenters. The minimum Gasteiger partial charge on any atom is -0.496 e. The van der Waals surface area contributed by atoms with Gasteiger partial charge >= 0.3 is 0 Å². The molecule has 0 saturated carbocycles. The third-order valence-corrected chi connectivity index (χ3v) is 3.91. The molecule has 2 rings (SSSR count). The number of imide groups is 1. The zero-order valence-electron chi connectivity index (χ0n) is 13.5. The Morgan fingerprint density at radius 3 is 2.64 bits per heavy atom. The van der Waals surface area contributed by atoms with E-state index in [2.05, 4.69) is 0 Å². The lowest BCUT2D eigenvalue weighted by atomic mass is 10.0. The fourth-order valence-electron chi connectivity index (χ4n) is 2.40. The minimum atomic E-state index is -0.286. The highest BCUT2D eigenvalue weighted by molar-refractivity contribution is 6.07. The van der Waals surface area contributed by atoms with Crippen LogP contribution in [-0.4, -0.2) is 30.4 Å². The molecule has 116 valence electrons. The Morgan fingerprint density at radius 2 is 2.00 bits per heavy atom. The van der Waals surface area contributed by atoms with Crippen molar-refractivity contribution in [3.8, 4) is 5.75 Å². The van der Waals surface area contributed by atoms with Gasteiger partial charge in [0.15, 0.2) is 0 Å². The van der Waals surface area contributed by atoms with Gasteiger partial charge in [0, 0.05) is 18.7 Å². The van der Waals surface area contributed by atoms with Gasteiger partial charge in [-0.25, -0.2) is 0 Å². The molecule has 0 radical (unpaired) electrons. The van der Waals surface area contributed by atoms with Crippen molar-refractivity contribution < 1.29 is 14.3 Å². The van der Waals surface area contributed by atoms with Crippen molar-refractivity contribution in [2.45, 2.75) is 27.2 Å². The van der Waals surface area contributed by atoms with Crippen molar-refractivity contribution in [1.29, 1.82) is 0 Å². The lowest BCUT2D eigenvalue weighted by Crippen LogP contribution is -2.37. The average Bonchev–Trinajstić information content (AvgIpc) is 2.48. The lowest BCUT2D eigenvalue weighted by molar-refractivity contribution is -0.139. The van der Waals surface area contributed by atoms with Gasteiger partial charge in [0.2, 0.25) is 0 Å². The molecule has 1 aliphatic heterocycles. The van der Waals surface area contributed by atoms with Crippen molar-refractivity contribution in [1.82, 2.24) is 4.90 Å². The number of nitrogens with zero attached hydrogens (tertiary/aromatic N) is 1. The van der Waals surface area contributed by atoms with Crippen LogP contribution in [0.1, 0.15) is 30.0 Å². The van der Waals surface area contributed by atoms with Crippen molar-refractivity contribution in [2.24, 2.45) is 0 Å². The minimum absolute atomic E-state index is 0.240. The Morgan fingerprint density at radius 1 is 1.27 bits per heavy atom. The molecule has 1 aliphatic rings. The number of carbonyl (C=O) groups is 2. The Bertz CT molecular complexity index is 671. The van der Waals surface area contributed by atoms with Crippen LogP contribution in [0.3, 0.4) is 0 Å². The molecule has 1 aromatic rings. The molecule has 0 N–H and O–H groups in total. The summed E-state index contributed by atoms with van der Waals surface area (Å²) in [5, 5.41) is 0. The number of benzene rings is 1. The maximum Gasteiger partial charge on any atom is 0.253 e. The van der Waals surface area contributed by atoms with Crippen LogP contribution in [0.5, 0.6) is 5.75 Å². The van der Waals surface area contributed by atoms with Crippen molar-refractivity contribution in [3.63, 3.8) is 0 Å². The summed E-state index contributed by atoms with van der Waals surface area (Å²) >= 11 is 0. The van der Waals surface area contributed by atoms with Gasteiger partial charge in [-0.2, -0.15) is 0 Å². The van der Waals surface area contributed by atoms with Crippen LogP contribution >= 0.6 is 0 Å². The fraction of sp³-hybridized carbons (Fsp3) is 0.333. The topological polar surface area (TPSA) is 46.6 Å². The molecule has 0 aliphatic carbocycles. The molecule has 0 saturated heterocycles. The smallest absolute Gasteiger partial charge is 0.253 e. The highest BCUT2D eigenvalue weighted by Crippen LogP contribution is 2.24. The van der Waals surface area contributed by atoms with E-state index in [4.69, 9.17) is 4.74 Å². The van der Waals surface area contributed by atoms with Crippen LogP contribution in [0.25, 0.3) is 6.08 Å². The molecule has 1 aromatic carbocycles. The maximum atomic E-state index is 12.2. The molecular formula is C18H21NO3. The highest BCUT2D eigenvalue weighted by atomic mass is 16.5. The summed E-state index contributed by atoms with van der Waals surface area (Å²) in [5.41, 5.74) is 4.07. The second-order valence-electron chi connectivity index (χ2n) is 5.57. The number of rotatable bonds is 3. The van der Waals surface area contributed by atoms with Crippen molar-refractivity contribution >= 4 is 17.9 Å². The van der Waals surface area contributed by atoms with E-state index in [1.807, 2.05) is 32.9 Å². The zero-order chi connectivity index (χ0) is 16.3. The van der Waals surface area contributed by atoms with Crippen molar-refractivity contribution in [3.05, 3.63) is 46.5 Å². The molecule has 1 heterocycles. The van der Waals surface area contributed by atoms with Crippen LogP contribution in [0.2, 0.25) is 0 Å². The highest BCUT2D eigenvalue weighted by Gasteiger charge is 2.21. The average molecular weight is 299 g/mol. The van der Waals surface area contributed by atoms with E-state index in [0.29, 0.717) is 6.54 Å². The first-order chi connectivity index (χ1) is 10.4. The van der Waals surface area contributed by atoms with Crippen molar-refractivity contribution in [2.75, 3.05) is 13.7 Å². The molecule has 0 spiro atoms. The molecule has 0 atom stereocenters. The van der Waals surface area contributed by atoms with Crippen LogP contribution in [0.15, 0.2) is 29.9 Å². The molecule has 0 bridgehead atoms. The normalized spacial score (nSPS) is 15.2. The number of hydrogen-bond acceptors (Lipinski definition) is 3. The number of carbonyl (C=O) groups excluding carboxylic acids is 2. The quantitative estimate of drug-likeness (QED) is 0.806. The number of ether oxygens (including phenoxy) is 1. The lowest BCUT2D eigenvalue weighted by Gasteiger charge is -2.22. The monoisotopic (exact) mass is 299 g/mol. The molecule has 4 heteroatoms. The number of amides is 2. The van der Waals surface area contributed by atoms with E-state index in [0.717, 1.165) is 34.4 Å². The number of methoxy groups -OCH3 is 1. The number of hydrogen-bond donors (Lipinski definition) is 0. The Labute approximate surface area is 131 Å². The van der Waals surface area contributed by atoms with E-state index in [1.54, 1.807) is 13.2 Å². The van der Waals surface area contributed by atoms with Gasteiger partial charge in [-0.15, -0.1) is 0 Å². The SMILES string of the molecule is COc1cc(/C=C/C(=O)N2CCC(C)=CC2=O)cc(C)c1C. The van der Waals surface area contributed by atoms with Gasteiger partial charge in [0.05, 0.1) is 7.11 Å². The molecule has 2 amide bonds. The largest absolute Gasteiger partial charge is 0.496 e. The van der Waals surface area contributed by atoms with Gasteiger partial charge in [-0.3, -0.25) is 14.5 Å². The second-order valence-corrected chi connectivity index (χ2v) is 5.57. The molecule has 0 aromatic heterocycles. The maximum absolute atomic E-state index is 12.2. The summed E-state index contributed by atoms with van der Waals surface area (Å²) in [6, 6.07) is 3.87. The van der Waals surface area contributed by atoms with Gasteiger partial charge in [0.25, 0.3) is 11.8 Å². The molecular weight excluding hydrogens is 278 g/mol. The molecule has 22 heavy (non-hydrogen) atoms. The van der Waals surface area contributed by atoms with E-state index in [9.17, 15) is 9.59 Å². The summed E-state index contributed by atoms with van der Waals surface area (Å²) < 4.78 is 5.33. The van der Waals surface area contributed by atoms with Crippen LogP contribution in [-0.2, 0) is 9.59 Å². The summed E-state index contributed by atoms with van der Waals surface area (Å²) in [4.78, 5) is 25.2. The van der Waals surface area contributed by atoms with Crippen LogP contribution < -0.4 is 4.74 Å². The second kappa shape index (κ2) is 6.60. The van der Waals surface area contributed by atoms with E-state index >= 15 is 0 Å². The molecule has 4 nitrogen and oxygen atoms in total. The predicted octanol–water partition coefficient (Wildman–Crippen LogP) is 3.03. The van der Waals surface area contributed by atoms with E-state index < -0.39 is 0 Å². The summed E-state index contributed by atoms with van der Waals surface area (Å²) in [5.74, 6) is 0.265. The van der Waals surface area contributed by atoms with Gasteiger partial charge in [-0.1, -0.05) is 11.6 Å². The number of aryl methyl sites for hydroxylation is 1. The van der Waals surface area contributed by atoms with Gasteiger partial charge in [0.1, 0.15) is 5.75 Å². The Kier molecular flexibility index (Phi) is 4.81. The Hall–Kier alpha value is -2.36. The molecule has 0 fully saturated rings.